The maximum Gasteiger partial charge on any atom is 0.309 e. The molecule has 2 aromatic rings. The Hall–Kier alpha value is -3.36. The van der Waals surface area contributed by atoms with E-state index in [0.29, 0.717) is 25.0 Å². The monoisotopic (exact) mass is 594 g/mol. The smallest absolute Gasteiger partial charge is 0.309 e. The number of carbonyl (C=O) groups excluding carboxylic acids is 3. The Kier molecular flexibility index (Phi) is 17.0. The minimum atomic E-state index is -0.629. The molecule has 0 aliphatic rings. The van der Waals surface area contributed by atoms with Crippen LogP contribution < -0.4 is 10.6 Å². The van der Waals surface area contributed by atoms with Gasteiger partial charge < -0.3 is 20.5 Å². The van der Waals surface area contributed by atoms with E-state index in [1.54, 1.807) is 24.8 Å². The number of ether oxygens (including phenoxy) is 1. The number of amides is 2. The summed E-state index contributed by atoms with van der Waals surface area (Å²) in [5.74, 6) is -0.547. The molecule has 0 heterocycles. The van der Waals surface area contributed by atoms with Crippen LogP contribution in [0.4, 0.5) is 0 Å². The van der Waals surface area contributed by atoms with Crippen molar-refractivity contribution in [3.63, 3.8) is 0 Å². The van der Waals surface area contributed by atoms with E-state index in [2.05, 4.69) is 23.8 Å². The highest BCUT2D eigenvalue weighted by atomic mass is 32.2. The van der Waals surface area contributed by atoms with E-state index in [-0.39, 0.29) is 43.3 Å². The molecule has 2 aromatic carbocycles. The Labute approximate surface area is 255 Å². The Balaban J connectivity index is 2.09. The van der Waals surface area contributed by atoms with Crippen LogP contribution in [0.15, 0.2) is 86.0 Å². The number of carbonyl (C=O) groups is 3. The van der Waals surface area contributed by atoms with Crippen LogP contribution in [-0.2, 0) is 31.3 Å². The van der Waals surface area contributed by atoms with Crippen LogP contribution in [0.2, 0.25) is 0 Å². The van der Waals surface area contributed by atoms with E-state index in [4.69, 9.17) is 4.74 Å². The number of nitrogens with one attached hydrogen (secondary N) is 2. The number of hydrogen-bond acceptors (Lipinski definition) is 6. The number of allylic oxidation sites excluding steroid dienone is 2. The molecule has 2 rings (SSSR count). The highest BCUT2D eigenvalue weighted by molar-refractivity contribution is 7.98. The third-order valence-corrected chi connectivity index (χ3v) is 7.93. The number of aliphatic hydroxyl groups excluding tert-OH is 1. The summed E-state index contributed by atoms with van der Waals surface area (Å²) in [5.41, 5.74) is 2.23. The van der Waals surface area contributed by atoms with Crippen molar-refractivity contribution in [2.45, 2.75) is 63.3 Å². The molecule has 0 aromatic heterocycles. The number of unbranched alkanes of at least 4 members (excludes halogenated alkanes) is 1. The fourth-order valence-corrected chi connectivity index (χ4v) is 5.45. The van der Waals surface area contributed by atoms with E-state index in [1.807, 2.05) is 66.7 Å². The SMILES string of the molecule is C=CCCC[C@H](Cc1ccccc1)C(=O)OC[C@H](CSCc1ccccc1)NC(=O)[C@H](CC=C)CC(=O)N[C@H](C)CO. The fraction of sp³-hybridized carbons (Fsp3) is 0.441. The van der Waals surface area contributed by atoms with Crippen molar-refractivity contribution in [1.29, 1.82) is 0 Å². The van der Waals surface area contributed by atoms with Crippen molar-refractivity contribution in [3.8, 4) is 0 Å². The largest absolute Gasteiger partial charge is 0.463 e. The van der Waals surface area contributed by atoms with Gasteiger partial charge in [0.2, 0.25) is 11.8 Å². The molecule has 2 amide bonds. The topological polar surface area (TPSA) is 105 Å². The molecule has 228 valence electrons. The van der Waals surface area contributed by atoms with E-state index >= 15 is 0 Å². The van der Waals surface area contributed by atoms with Crippen LogP contribution in [0.1, 0.15) is 50.2 Å². The molecule has 0 bridgehead atoms. The van der Waals surface area contributed by atoms with Gasteiger partial charge in [0, 0.05) is 24.0 Å². The van der Waals surface area contributed by atoms with Gasteiger partial charge >= 0.3 is 5.97 Å². The van der Waals surface area contributed by atoms with Crippen LogP contribution in [0.25, 0.3) is 0 Å². The highest BCUT2D eigenvalue weighted by Crippen LogP contribution is 2.19. The molecular weight excluding hydrogens is 548 g/mol. The molecule has 42 heavy (non-hydrogen) atoms. The van der Waals surface area contributed by atoms with Gasteiger partial charge in [-0.1, -0.05) is 72.8 Å². The minimum Gasteiger partial charge on any atom is -0.463 e. The molecule has 0 aliphatic carbocycles. The maximum atomic E-state index is 13.3. The van der Waals surface area contributed by atoms with Gasteiger partial charge in [0.1, 0.15) is 6.61 Å². The molecule has 8 heteroatoms. The summed E-state index contributed by atoms with van der Waals surface area (Å²) in [5, 5.41) is 15.0. The summed E-state index contributed by atoms with van der Waals surface area (Å²) in [7, 11) is 0. The minimum absolute atomic E-state index is 0.0334. The van der Waals surface area contributed by atoms with Gasteiger partial charge in [0.25, 0.3) is 0 Å². The summed E-state index contributed by atoms with van der Waals surface area (Å²) in [6, 6.07) is 19.1. The van der Waals surface area contributed by atoms with Crippen LogP contribution in [0.3, 0.4) is 0 Å². The molecule has 3 N–H and O–H groups in total. The predicted molar refractivity (Wildman–Crippen MR) is 171 cm³/mol. The molecule has 7 nitrogen and oxygen atoms in total. The molecular formula is C34H46N2O5S. The lowest BCUT2D eigenvalue weighted by Gasteiger charge is -2.24. The lowest BCUT2D eigenvalue weighted by molar-refractivity contribution is -0.150. The lowest BCUT2D eigenvalue weighted by atomic mass is 9.94. The van der Waals surface area contributed by atoms with Crippen LogP contribution >= 0.6 is 11.8 Å². The second-order valence-electron chi connectivity index (χ2n) is 10.5. The third kappa shape index (κ3) is 14.0. The highest BCUT2D eigenvalue weighted by Gasteiger charge is 2.26. The number of esters is 1. The predicted octanol–water partition coefficient (Wildman–Crippen LogP) is 5.24. The molecule has 0 aliphatic heterocycles. The van der Waals surface area contributed by atoms with Crippen molar-refractivity contribution in [3.05, 3.63) is 97.1 Å². The van der Waals surface area contributed by atoms with E-state index in [1.165, 1.54) is 0 Å². The normalized spacial score (nSPS) is 13.7. The zero-order valence-electron chi connectivity index (χ0n) is 24.7. The van der Waals surface area contributed by atoms with Crippen molar-refractivity contribution >= 4 is 29.5 Å². The van der Waals surface area contributed by atoms with Crippen LogP contribution in [0, 0.1) is 11.8 Å². The summed E-state index contributed by atoms with van der Waals surface area (Å²) in [6.45, 7) is 9.07. The number of aliphatic hydroxyl groups is 1. The van der Waals surface area contributed by atoms with E-state index in [0.717, 1.165) is 29.7 Å². The first-order valence-electron chi connectivity index (χ1n) is 14.6. The zero-order valence-corrected chi connectivity index (χ0v) is 25.5. The second kappa shape index (κ2) is 20.5. The van der Waals surface area contributed by atoms with Gasteiger partial charge in [-0.25, -0.2) is 0 Å². The molecule has 0 saturated carbocycles. The first-order chi connectivity index (χ1) is 20.4. The Bertz CT molecular complexity index is 1100. The average molecular weight is 595 g/mol. The van der Waals surface area contributed by atoms with Gasteiger partial charge in [-0.05, 0) is 50.2 Å². The number of benzene rings is 2. The quantitative estimate of drug-likeness (QED) is 0.104. The van der Waals surface area contributed by atoms with E-state index < -0.39 is 18.0 Å². The number of rotatable bonds is 21. The summed E-state index contributed by atoms with van der Waals surface area (Å²) in [4.78, 5) is 39.0. The molecule has 0 radical (unpaired) electrons. The van der Waals surface area contributed by atoms with Gasteiger partial charge in [-0.15, -0.1) is 13.2 Å². The van der Waals surface area contributed by atoms with Gasteiger partial charge in [-0.3, -0.25) is 14.4 Å². The van der Waals surface area contributed by atoms with Crippen molar-refractivity contribution in [1.82, 2.24) is 10.6 Å². The first kappa shape index (κ1) is 34.8. The Morgan fingerprint density at radius 2 is 1.62 bits per heavy atom. The summed E-state index contributed by atoms with van der Waals surface area (Å²) >= 11 is 1.64. The van der Waals surface area contributed by atoms with Gasteiger partial charge in [0.15, 0.2) is 0 Å². The van der Waals surface area contributed by atoms with Gasteiger partial charge in [-0.2, -0.15) is 11.8 Å². The van der Waals surface area contributed by atoms with Crippen molar-refractivity contribution in [2.75, 3.05) is 19.0 Å². The average Bonchev–Trinajstić information content (AvgIpc) is 2.99. The Morgan fingerprint density at radius 1 is 0.952 bits per heavy atom. The molecule has 4 atom stereocenters. The van der Waals surface area contributed by atoms with Crippen LogP contribution in [-0.4, -0.2) is 53.9 Å². The van der Waals surface area contributed by atoms with E-state index in [9.17, 15) is 19.5 Å². The fourth-order valence-electron chi connectivity index (χ4n) is 4.44. The lowest BCUT2D eigenvalue weighted by Crippen LogP contribution is -2.45. The van der Waals surface area contributed by atoms with Gasteiger partial charge in [0.05, 0.1) is 24.5 Å². The second-order valence-corrected chi connectivity index (χ2v) is 11.5. The maximum absolute atomic E-state index is 13.3. The van der Waals surface area contributed by atoms with Crippen LogP contribution in [0.5, 0.6) is 0 Å². The Morgan fingerprint density at radius 3 is 2.24 bits per heavy atom. The first-order valence-corrected chi connectivity index (χ1v) is 15.8. The molecule has 0 saturated heterocycles. The molecule has 0 spiro atoms. The third-order valence-electron chi connectivity index (χ3n) is 6.76. The van der Waals surface area contributed by atoms with Crippen molar-refractivity contribution < 1.29 is 24.2 Å². The summed E-state index contributed by atoms with van der Waals surface area (Å²) in [6.07, 6.45) is 6.68. The van der Waals surface area contributed by atoms with Crippen molar-refractivity contribution in [2.24, 2.45) is 11.8 Å². The molecule has 0 unspecified atom stereocenters. The number of thioether (sulfide) groups is 1. The number of hydrogen-bond donors (Lipinski definition) is 3. The molecule has 0 fully saturated rings. The zero-order chi connectivity index (χ0) is 30.6. The standard InChI is InChI=1S/C34H46N2O5S/c1-4-6-9-19-30(20-27-15-10-7-11-16-27)34(40)41-23-31(25-42-24-28-17-12-8-13-18-28)36-33(39)29(14-5-2)21-32(38)35-26(3)22-37/h4-5,7-8,10-13,15-18,26,29-31,37H,1-2,6,9,14,19-25H2,3H3,(H,35,38)(H,36,39)/t26-,29-,30-,31-/m1/s1. The summed E-state index contributed by atoms with van der Waals surface area (Å²) < 4.78 is 5.84.